The minimum absolute atomic E-state index is 0.0358. The first kappa shape index (κ1) is 29.2. The van der Waals surface area contributed by atoms with Gasteiger partial charge in [-0.1, -0.05) is 51.1 Å². The molecule has 40 heavy (non-hydrogen) atoms. The van der Waals surface area contributed by atoms with Crippen LogP contribution >= 0.6 is 0 Å². The molecule has 5 fully saturated rings. The Morgan fingerprint density at radius 3 is 2.55 bits per heavy atom. The third-order valence-corrected chi connectivity index (χ3v) is 9.85. The van der Waals surface area contributed by atoms with Crippen molar-refractivity contribution in [1.82, 2.24) is 10.2 Å². The number of aryl methyl sites for hydroxylation is 1. The lowest BCUT2D eigenvalue weighted by Crippen LogP contribution is -2.65. The highest BCUT2D eigenvalue weighted by atomic mass is 16.7. The van der Waals surface area contributed by atoms with Crippen LogP contribution in [0.2, 0.25) is 0 Å². The number of hydrogen-bond donors (Lipinski definition) is 1. The molecule has 9 heteroatoms. The Morgan fingerprint density at radius 1 is 1.15 bits per heavy atom. The van der Waals surface area contributed by atoms with Crippen LogP contribution in [-0.4, -0.2) is 66.6 Å². The topological polar surface area (TPSA) is 86.3 Å². The Labute approximate surface area is 240 Å². The molecule has 2 aliphatic heterocycles. The summed E-state index contributed by atoms with van der Waals surface area (Å²) in [6.45, 7) is 15.2. The lowest BCUT2D eigenvalue weighted by molar-refractivity contribution is -0.199. The first-order valence-corrected chi connectivity index (χ1v) is 15.1. The van der Waals surface area contributed by atoms with Gasteiger partial charge in [-0.05, 0) is 88.5 Å². The van der Waals surface area contributed by atoms with Crippen molar-refractivity contribution in [2.24, 2.45) is 23.2 Å². The summed E-state index contributed by atoms with van der Waals surface area (Å²) in [5.41, 5.74) is 0.504. The third-order valence-electron chi connectivity index (χ3n) is 9.85. The fourth-order valence-corrected chi connectivity index (χ4v) is 7.53. The van der Waals surface area contributed by atoms with Crippen LogP contribution in [0.4, 0.5) is 9.59 Å². The predicted octanol–water partition coefficient (Wildman–Crippen LogP) is 5.63. The van der Waals surface area contributed by atoms with Crippen molar-refractivity contribution < 1.29 is 28.4 Å². The maximum Gasteiger partial charge on any atom is 0.481 e. The average Bonchev–Trinajstić information content (AvgIpc) is 3.43. The van der Waals surface area contributed by atoms with Gasteiger partial charge in [-0.25, -0.2) is 9.59 Å². The summed E-state index contributed by atoms with van der Waals surface area (Å²) >= 11 is 0. The van der Waals surface area contributed by atoms with Crippen LogP contribution in [0.25, 0.3) is 0 Å². The van der Waals surface area contributed by atoms with E-state index in [9.17, 15) is 9.59 Å². The van der Waals surface area contributed by atoms with Crippen LogP contribution in [-0.2, 0) is 25.2 Å². The fourth-order valence-electron chi connectivity index (χ4n) is 7.53. The molecule has 3 aliphatic carbocycles. The van der Waals surface area contributed by atoms with Gasteiger partial charge in [0.2, 0.25) is 0 Å². The van der Waals surface area contributed by atoms with Crippen LogP contribution in [0.15, 0.2) is 30.3 Å². The number of benzene rings is 1. The second-order valence-corrected chi connectivity index (χ2v) is 14.3. The lowest BCUT2D eigenvalue weighted by Gasteiger charge is -2.64. The largest absolute Gasteiger partial charge is 0.481 e. The minimum atomic E-state index is -0.581. The predicted molar refractivity (Wildman–Crippen MR) is 154 cm³/mol. The van der Waals surface area contributed by atoms with E-state index in [0.29, 0.717) is 30.7 Å². The molecule has 8 nitrogen and oxygen atoms in total. The zero-order valence-corrected chi connectivity index (χ0v) is 25.3. The molecule has 0 spiro atoms. The van der Waals surface area contributed by atoms with E-state index in [1.807, 2.05) is 39.0 Å². The number of carbonyl (C=O) groups is 2. The number of nitrogens with zero attached hydrogens (tertiary/aromatic N) is 1. The minimum Gasteiger partial charge on any atom is -0.447 e. The first-order valence-electron chi connectivity index (χ1n) is 15.1. The van der Waals surface area contributed by atoms with Crippen molar-refractivity contribution in [2.75, 3.05) is 13.2 Å². The van der Waals surface area contributed by atoms with Crippen LogP contribution in [0.1, 0.15) is 79.7 Å². The van der Waals surface area contributed by atoms with E-state index in [2.05, 4.69) is 45.1 Å². The summed E-state index contributed by atoms with van der Waals surface area (Å²) in [4.78, 5) is 27.6. The molecule has 0 radical (unpaired) electrons. The Hall–Kier alpha value is -2.26. The number of ether oxygens (including phenoxy) is 2. The normalized spacial score (nSPS) is 33.1. The van der Waals surface area contributed by atoms with Gasteiger partial charge in [0.1, 0.15) is 12.2 Å². The lowest BCUT2D eigenvalue weighted by atomic mass is 9.43. The number of amides is 2. The van der Waals surface area contributed by atoms with E-state index in [-0.39, 0.29) is 41.8 Å². The molecule has 2 heterocycles. The zero-order chi connectivity index (χ0) is 28.9. The molecular formula is C31H47BN2O6. The Kier molecular flexibility index (Phi) is 7.94. The van der Waals surface area contributed by atoms with Gasteiger partial charge in [-0.15, -0.1) is 0 Å². The van der Waals surface area contributed by atoms with Gasteiger partial charge in [0, 0.05) is 6.54 Å². The SMILES string of the molecule is C[C@H]1C[C@H](COC(=O)N[C@@H](CCc2ccccc2)B2O[C@@H]3C[C@@H]4C[C@@H](C4(C)C)[C@]3(C)O2)N(C(=O)OC(C)(C)C)C1. The molecule has 1 aromatic rings. The maximum atomic E-state index is 13.2. The fraction of sp³-hybridized carbons (Fsp3) is 0.742. The molecule has 1 N–H and O–H groups in total. The Balaban J connectivity index is 1.23. The molecule has 3 saturated carbocycles. The zero-order valence-electron chi connectivity index (χ0n) is 25.3. The highest BCUT2D eigenvalue weighted by Gasteiger charge is 2.68. The quantitative estimate of drug-likeness (QED) is 0.440. The molecule has 2 bridgehead atoms. The van der Waals surface area contributed by atoms with E-state index in [4.69, 9.17) is 18.8 Å². The average molecular weight is 555 g/mol. The van der Waals surface area contributed by atoms with Gasteiger partial charge >= 0.3 is 19.3 Å². The van der Waals surface area contributed by atoms with Crippen LogP contribution in [0.3, 0.4) is 0 Å². The standard InChI is InChI=1S/C31H47BN2O6/c1-20-15-23(34(18-20)28(36)38-29(2,3)4)19-37-27(35)33-26(14-13-21-11-9-8-10-12-21)32-39-25-17-22-16-24(30(22,5)6)31(25,7)40-32/h8-12,20,22-26H,13-19H2,1-7H3,(H,33,35)/t20-,22-,23+,24-,25+,26-,31-/m0/s1. The van der Waals surface area contributed by atoms with Crippen LogP contribution in [0.5, 0.6) is 0 Å². The first-order chi connectivity index (χ1) is 18.8. The van der Waals surface area contributed by atoms with E-state index in [1.54, 1.807) is 4.90 Å². The van der Waals surface area contributed by atoms with E-state index in [1.165, 1.54) is 12.0 Å². The van der Waals surface area contributed by atoms with E-state index in [0.717, 1.165) is 19.3 Å². The highest BCUT2D eigenvalue weighted by Crippen LogP contribution is 2.65. The van der Waals surface area contributed by atoms with Crippen molar-refractivity contribution in [1.29, 1.82) is 0 Å². The van der Waals surface area contributed by atoms with Gasteiger partial charge in [0.05, 0.1) is 23.7 Å². The van der Waals surface area contributed by atoms with Crippen LogP contribution < -0.4 is 5.32 Å². The van der Waals surface area contributed by atoms with Crippen molar-refractivity contribution in [3.63, 3.8) is 0 Å². The van der Waals surface area contributed by atoms with Crippen molar-refractivity contribution in [2.45, 2.75) is 110 Å². The second kappa shape index (κ2) is 10.9. The van der Waals surface area contributed by atoms with Gasteiger partial charge in [-0.3, -0.25) is 0 Å². The molecule has 1 aromatic carbocycles. The van der Waals surface area contributed by atoms with Crippen molar-refractivity contribution >= 4 is 19.3 Å². The van der Waals surface area contributed by atoms with Gasteiger partial charge < -0.3 is 29.0 Å². The van der Waals surface area contributed by atoms with E-state index >= 15 is 0 Å². The number of hydrogen-bond acceptors (Lipinski definition) is 6. The van der Waals surface area contributed by atoms with Crippen LogP contribution in [0, 0.1) is 23.2 Å². The number of likely N-dealkylation sites (tertiary alicyclic amines) is 1. The number of carbonyl (C=O) groups excluding carboxylic acids is 2. The number of rotatable bonds is 7. The number of nitrogens with one attached hydrogen (secondary N) is 1. The molecule has 7 atom stereocenters. The molecule has 0 unspecified atom stereocenters. The van der Waals surface area contributed by atoms with E-state index < -0.39 is 18.8 Å². The summed E-state index contributed by atoms with van der Waals surface area (Å²) < 4.78 is 24.6. The summed E-state index contributed by atoms with van der Waals surface area (Å²) in [6, 6.07) is 10.0. The molecule has 0 aromatic heterocycles. The summed E-state index contributed by atoms with van der Waals surface area (Å²) in [5, 5.41) is 3.08. The molecular weight excluding hydrogens is 507 g/mol. The van der Waals surface area contributed by atoms with Gasteiger partial charge in [-0.2, -0.15) is 0 Å². The summed E-state index contributed by atoms with van der Waals surface area (Å²) in [5.74, 6) is 1.04. The molecule has 2 saturated heterocycles. The molecule has 220 valence electrons. The summed E-state index contributed by atoms with van der Waals surface area (Å²) in [7, 11) is -0.536. The Morgan fingerprint density at radius 2 is 1.88 bits per heavy atom. The Bertz CT molecular complexity index is 1080. The second-order valence-electron chi connectivity index (χ2n) is 14.3. The van der Waals surface area contributed by atoms with Gasteiger partial charge in [0.25, 0.3) is 0 Å². The molecule has 5 aliphatic rings. The van der Waals surface area contributed by atoms with Crippen molar-refractivity contribution in [3.05, 3.63) is 35.9 Å². The smallest absolute Gasteiger partial charge is 0.447 e. The number of alkyl carbamates (subject to hydrolysis) is 1. The molecule has 6 rings (SSSR count). The summed E-state index contributed by atoms with van der Waals surface area (Å²) in [6.07, 6.45) is 3.52. The highest BCUT2D eigenvalue weighted by molar-refractivity contribution is 6.47. The molecule has 2 amide bonds. The maximum absolute atomic E-state index is 13.2. The third kappa shape index (κ3) is 5.87. The monoisotopic (exact) mass is 554 g/mol. The van der Waals surface area contributed by atoms with Crippen molar-refractivity contribution in [3.8, 4) is 0 Å². The van der Waals surface area contributed by atoms with Gasteiger partial charge in [0.15, 0.2) is 0 Å².